The van der Waals surface area contributed by atoms with Crippen molar-refractivity contribution < 1.29 is 14.3 Å². The Bertz CT molecular complexity index is 1170. The summed E-state index contributed by atoms with van der Waals surface area (Å²) in [6.07, 6.45) is 5.31. The number of nitrogens with zero attached hydrogens (tertiary/aromatic N) is 2. The molecule has 3 aromatic rings. The van der Waals surface area contributed by atoms with E-state index in [2.05, 4.69) is 9.88 Å². The van der Waals surface area contributed by atoms with Gasteiger partial charge in [-0.15, -0.1) is 0 Å². The first-order valence-corrected chi connectivity index (χ1v) is 10.1. The number of aryl methyl sites for hydroxylation is 1. The molecule has 0 spiro atoms. The summed E-state index contributed by atoms with van der Waals surface area (Å²) in [4.78, 5) is 19.4. The van der Waals surface area contributed by atoms with Gasteiger partial charge in [-0.2, -0.15) is 0 Å². The number of allylic oxidation sites excluding steroid dienone is 1. The highest BCUT2D eigenvalue weighted by atomic mass is 35.5. The number of pyridine rings is 1. The van der Waals surface area contributed by atoms with Crippen LogP contribution in [0.1, 0.15) is 32.6 Å². The normalized spacial score (nSPS) is 16.7. The molecule has 0 unspecified atom stereocenters. The number of fused-ring (bicyclic) bond motifs is 3. The van der Waals surface area contributed by atoms with Gasteiger partial charge in [-0.25, -0.2) is 0 Å². The smallest absolute Gasteiger partial charge is 0.232 e. The molecule has 0 bridgehead atoms. The molecule has 0 saturated carbocycles. The third-order valence-corrected chi connectivity index (χ3v) is 5.65. The fourth-order valence-electron chi connectivity index (χ4n) is 3.86. The Morgan fingerprint density at radius 1 is 1.23 bits per heavy atom. The van der Waals surface area contributed by atoms with Gasteiger partial charge in [0.05, 0.1) is 11.1 Å². The first kappa shape index (κ1) is 18.9. The summed E-state index contributed by atoms with van der Waals surface area (Å²) in [5, 5.41) is 0.571. The van der Waals surface area contributed by atoms with Crippen LogP contribution in [0.3, 0.4) is 0 Å². The average Bonchev–Trinajstić information content (AvgIpc) is 3.08. The molecular formula is C24H19ClN2O3. The van der Waals surface area contributed by atoms with Crippen molar-refractivity contribution in [3.8, 4) is 11.5 Å². The molecule has 0 amide bonds. The molecule has 150 valence electrons. The van der Waals surface area contributed by atoms with Gasteiger partial charge < -0.3 is 9.47 Å². The zero-order chi connectivity index (χ0) is 20.7. The molecule has 0 N–H and O–H groups in total. The number of carbonyl (C=O) groups is 1. The van der Waals surface area contributed by atoms with Crippen LogP contribution in [0.4, 0.5) is 0 Å². The van der Waals surface area contributed by atoms with E-state index in [1.807, 2.05) is 49.5 Å². The number of aromatic nitrogens is 1. The molecule has 5 rings (SSSR count). The number of ketones is 1. The van der Waals surface area contributed by atoms with Crippen LogP contribution in [0.2, 0.25) is 5.02 Å². The highest BCUT2D eigenvalue weighted by Gasteiger charge is 2.35. The third kappa shape index (κ3) is 3.36. The fourth-order valence-corrected chi connectivity index (χ4v) is 4.05. The molecule has 0 atom stereocenters. The first-order valence-electron chi connectivity index (χ1n) is 9.69. The molecular weight excluding hydrogens is 400 g/mol. The van der Waals surface area contributed by atoms with Gasteiger partial charge in [-0.3, -0.25) is 14.7 Å². The van der Waals surface area contributed by atoms with Crippen LogP contribution in [0, 0.1) is 6.92 Å². The minimum absolute atomic E-state index is 0.130. The van der Waals surface area contributed by atoms with Gasteiger partial charge in [-0.1, -0.05) is 35.9 Å². The van der Waals surface area contributed by atoms with E-state index in [1.165, 1.54) is 0 Å². The van der Waals surface area contributed by atoms with E-state index in [4.69, 9.17) is 21.1 Å². The molecule has 2 aromatic carbocycles. The second-order valence-electron chi connectivity index (χ2n) is 7.46. The standard InChI is InChI=1S/C24H19ClN2O3/c1-15-9-20-18(13-27(14-29-20)12-16-5-4-8-26-11-16)24-22(15)23(28)21(30-24)10-17-6-2-3-7-19(17)25/h2-11H,12-14H2,1H3/b21-10-. The number of hydrogen-bond donors (Lipinski definition) is 0. The van der Waals surface area contributed by atoms with Crippen molar-refractivity contribution in [3.63, 3.8) is 0 Å². The minimum Gasteiger partial charge on any atom is -0.478 e. The topological polar surface area (TPSA) is 51.7 Å². The number of Topliss-reactive ketones (excluding diaryl/α,β-unsaturated/α-hetero) is 1. The molecule has 2 aliphatic heterocycles. The number of halogens is 1. The SMILES string of the molecule is Cc1cc2c(c3c1C(=O)/C(=C/c1ccccc1Cl)O3)CN(Cc1cccnc1)CO2. The van der Waals surface area contributed by atoms with E-state index < -0.39 is 0 Å². The van der Waals surface area contributed by atoms with Crippen LogP contribution in [0.15, 0.2) is 60.6 Å². The van der Waals surface area contributed by atoms with Gasteiger partial charge in [0, 0.05) is 30.5 Å². The Labute approximate surface area is 179 Å². The summed E-state index contributed by atoms with van der Waals surface area (Å²) in [5.41, 5.74) is 4.18. The van der Waals surface area contributed by atoms with Gasteiger partial charge in [-0.05, 0) is 47.9 Å². The second-order valence-corrected chi connectivity index (χ2v) is 7.86. The van der Waals surface area contributed by atoms with Crippen LogP contribution < -0.4 is 9.47 Å². The van der Waals surface area contributed by atoms with Gasteiger partial charge in [0.15, 0.2) is 5.76 Å². The first-order chi connectivity index (χ1) is 14.6. The Morgan fingerprint density at radius 3 is 2.90 bits per heavy atom. The van der Waals surface area contributed by atoms with Gasteiger partial charge in [0.25, 0.3) is 0 Å². The molecule has 2 aliphatic rings. The molecule has 30 heavy (non-hydrogen) atoms. The number of ether oxygens (including phenoxy) is 2. The molecule has 3 heterocycles. The zero-order valence-corrected chi connectivity index (χ0v) is 17.1. The highest BCUT2D eigenvalue weighted by Crippen LogP contribution is 2.44. The highest BCUT2D eigenvalue weighted by molar-refractivity contribution is 6.32. The van der Waals surface area contributed by atoms with E-state index in [9.17, 15) is 4.79 Å². The quantitative estimate of drug-likeness (QED) is 0.559. The van der Waals surface area contributed by atoms with E-state index in [0.717, 1.165) is 28.0 Å². The second kappa shape index (κ2) is 7.59. The predicted molar refractivity (Wildman–Crippen MR) is 115 cm³/mol. The summed E-state index contributed by atoms with van der Waals surface area (Å²) in [7, 11) is 0. The fraction of sp³-hybridized carbons (Fsp3) is 0.167. The molecule has 1 aromatic heterocycles. The third-order valence-electron chi connectivity index (χ3n) is 5.31. The maximum absolute atomic E-state index is 13.1. The Morgan fingerprint density at radius 2 is 2.10 bits per heavy atom. The summed E-state index contributed by atoms with van der Waals surface area (Å²) in [6.45, 7) is 3.70. The molecule has 0 saturated heterocycles. The van der Waals surface area contributed by atoms with Crippen LogP contribution in [0.5, 0.6) is 11.5 Å². The van der Waals surface area contributed by atoms with E-state index in [-0.39, 0.29) is 11.5 Å². The lowest BCUT2D eigenvalue weighted by Crippen LogP contribution is -2.31. The summed E-state index contributed by atoms with van der Waals surface area (Å²) < 4.78 is 12.1. The van der Waals surface area contributed by atoms with Crippen LogP contribution >= 0.6 is 11.6 Å². The molecule has 6 heteroatoms. The van der Waals surface area contributed by atoms with E-state index in [1.54, 1.807) is 18.3 Å². The Hall–Kier alpha value is -3.15. The summed E-state index contributed by atoms with van der Waals surface area (Å²) in [6, 6.07) is 13.3. The monoisotopic (exact) mass is 418 g/mol. The number of benzene rings is 2. The number of hydrogen-bond acceptors (Lipinski definition) is 5. The van der Waals surface area contributed by atoms with Crippen molar-refractivity contribution in [3.05, 3.63) is 93.5 Å². The lowest BCUT2D eigenvalue weighted by Gasteiger charge is -2.30. The zero-order valence-electron chi connectivity index (χ0n) is 16.4. The van der Waals surface area contributed by atoms with E-state index >= 15 is 0 Å². The maximum atomic E-state index is 13.1. The lowest BCUT2D eigenvalue weighted by molar-refractivity contribution is 0.0871. The van der Waals surface area contributed by atoms with Crippen LogP contribution in [-0.4, -0.2) is 22.4 Å². The number of carbonyl (C=O) groups excluding carboxylic acids is 1. The van der Waals surface area contributed by atoms with Crippen molar-refractivity contribution in [2.75, 3.05) is 6.73 Å². The number of rotatable bonds is 3. The van der Waals surface area contributed by atoms with Crippen molar-refractivity contribution in [2.45, 2.75) is 20.0 Å². The Balaban J connectivity index is 1.49. The molecule has 5 nitrogen and oxygen atoms in total. The lowest BCUT2D eigenvalue weighted by atomic mass is 9.98. The van der Waals surface area contributed by atoms with Gasteiger partial charge >= 0.3 is 0 Å². The predicted octanol–water partition coefficient (Wildman–Crippen LogP) is 5.01. The van der Waals surface area contributed by atoms with Gasteiger partial charge in [0.1, 0.15) is 18.2 Å². The van der Waals surface area contributed by atoms with Crippen molar-refractivity contribution in [2.24, 2.45) is 0 Å². The Kier molecular flexibility index (Phi) is 4.77. The molecule has 0 fully saturated rings. The summed E-state index contributed by atoms with van der Waals surface area (Å²) in [5.74, 6) is 1.50. The van der Waals surface area contributed by atoms with Crippen LogP contribution in [0.25, 0.3) is 6.08 Å². The van der Waals surface area contributed by atoms with E-state index in [0.29, 0.717) is 36.2 Å². The largest absolute Gasteiger partial charge is 0.478 e. The molecule has 0 aliphatic carbocycles. The minimum atomic E-state index is -0.130. The molecule has 0 radical (unpaired) electrons. The van der Waals surface area contributed by atoms with Crippen molar-refractivity contribution >= 4 is 23.5 Å². The van der Waals surface area contributed by atoms with Crippen molar-refractivity contribution in [1.29, 1.82) is 0 Å². The van der Waals surface area contributed by atoms with Gasteiger partial charge in [0.2, 0.25) is 5.78 Å². The van der Waals surface area contributed by atoms with Crippen LogP contribution in [-0.2, 0) is 13.1 Å². The average molecular weight is 419 g/mol. The summed E-state index contributed by atoms with van der Waals surface area (Å²) >= 11 is 6.26. The van der Waals surface area contributed by atoms with Crippen molar-refractivity contribution in [1.82, 2.24) is 9.88 Å². The maximum Gasteiger partial charge on any atom is 0.232 e.